The largest absolute Gasteiger partial charge is 0.506 e. The summed E-state index contributed by atoms with van der Waals surface area (Å²) < 4.78 is 0. The number of benzene rings is 3. The fourth-order valence-corrected chi connectivity index (χ4v) is 2.51. The van der Waals surface area contributed by atoms with Gasteiger partial charge in [-0.1, -0.05) is 42.5 Å². The first kappa shape index (κ1) is 19.1. The molecule has 0 fully saturated rings. The van der Waals surface area contributed by atoms with E-state index in [0.717, 1.165) is 0 Å². The summed E-state index contributed by atoms with van der Waals surface area (Å²) in [7, 11) is 0. The molecule has 7 nitrogen and oxygen atoms in total. The Hall–Kier alpha value is -3.65. The molecule has 0 aliphatic rings. The van der Waals surface area contributed by atoms with Gasteiger partial charge in [0.1, 0.15) is 11.4 Å². The SMILES string of the molecule is O=C(O)c1ccccc1N=N/C(=N\Nc1cc(S)ccc1O)c1ccccc1. The van der Waals surface area contributed by atoms with Crippen molar-refractivity contribution >= 4 is 35.8 Å². The Morgan fingerprint density at radius 2 is 1.68 bits per heavy atom. The fraction of sp³-hybridized carbons (Fsp3) is 0. The highest BCUT2D eigenvalue weighted by atomic mass is 32.1. The minimum Gasteiger partial charge on any atom is -0.506 e. The van der Waals surface area contributed by atoms with E-state index in [1.807, 2.05) is 18.2 Å². The molecule has 0 amide bonds. The van der Waals surface area contributed by atoms with Gasteiger partial charge >= 0.3 is 5.97 Å². The molecule has 0 aliphatic heterocycles. The van der Waals surface area contributed by atoms with E-state index in [4.69, 9.17) is 0 Å². The number of phenolic OH excluding ortho intramolecular Hbond substituents is 1. The molecule has 0 atom stereocenters. The van der Waals surface area contributed by atoms with Gasteiger partial charge < -0.3 is 10.2 Å². The zero-order valence-electron chi connectivity index (χ0n) is 14.5. The summed E-state index contributed by atoms with van der Waals surface area (Å²) in [5, 5.41) is 31.6. The van der Waals surface area contributed by atoms with Gasteiger partial charge in [-0.3, -0.25) is 5.43 Å². The third kappa shape index (κ3) is 4.74. The lowest BCUT2D eigenvalue weighted by Crippen LogP contribution is -2.01. The smallest absolute Gasteiger partial charge is 0.337 e. The maximum atomic E-state index is 11.3. The van der Waals surface area contributed by atoms with E-state index in [0.29, 0.717) is 16.1 Å². The molecular formula is C20H16N4O3S. The van der Waals surface area contributed by atoms with E-state index < -0.39 is 5.97 Å². The van der Waals surface area contributed by atoms with Crippen molar-refractivity contribution in [3.05, 3.63) is 83.9 Å². The number of hydrogen-bond acceptors (Lipinski definition) is 6. The van der Waals surface area contributed by atoms with E-state index >= 15 is 0 Å². The number of phenols is 1. The number of carboxylic acids is 1. The topological polar surface area (TPSA) is 107 Å². The van der Waals surface area contributed by atoms with Gasteiger partial charge in [-0.25, -0.2) is 4.79 Å². The van der Waals surface area contributed by atoms with Crippen molar-refractivity contribution in [2.75, 3.05) is 5.43 Å². The highest BCUT2D eigenvalue weighted by Gasteiger charge is 2.09. The predicted octanol–water partition coefficient (Wildman–Crippen LogP) is 4.94. The number of rotatable bonds is 5. The zero-order chi connectivity index (χ0) is 19.9. The molecule has 0 bridgehead atoms. The number of nitrogens with zero attached hydrogens (tertiary/aromatic N) is 3. The average Bonchev–Trinajstić information content (AvgIpc) is 2.71. The van der Waals surface area contributed by atoms with Crippen LogP contribution in [0.5, 0.6) is 5.75 Å². The molecule has 3 aromatic carbocycles. The Balaban J connectivity index is 1.97. The van der Waals surface area contributed by atoms with Crippen LogP contribution in [0, 0.1) is 0 Å². The van der Waals surface area contributed by atoms with Gasteiger partial charge in [0.25, 0.3) is 0 Å². The summed E-state index contributed by atoms with van der Waals surface area (Å²) in [5.74, 6) is -0.881. The molecule has 3 N–H and O–H groups in total. The number of azo groups is 1. The van der Waals surface area contributed by atoms with Crippen LogP contribution in [0.4, 0.5) is 11.4 Å². The Kier molecular flexibility index (Phi) is 6.03. The number of carboxylic acid groups (broad SMARTS) is 1. The first-order valence-electron chi connectivity index (χ1n) is 8.20. The van der Waals surface area contributed by atoms with Crippen LogP contribution in [0.2, 0.25) is 0 Å². The third-order valence-electron chi connectivity index (χ3n) is 3.68. The molecule has 28 heavy (non-hydrogen) atoms. The maximum absolute atomic E-state index is 11.3. The third-order valence-corrected chi connectivity index (χ3v) is 3.96. The van der Waals surface area contributed by atoms with Crippen molar-refractivity contribution < 1.29 is 15.0 Å². The van der Waals surface area contributed by atoms with Crippen LogP contribution < -0.4 is 5.43 Å². The van der Waals surface area contributed by atoms with Gasteiger partial charge in [-0.2, -0.15) is 5.10 Å². The van der Waals surface area contributed by atoms with Gasteiger partial charge in [0.05, 0.1) is 11.3 Å². The maximum Gasteiger partial charge on any atom is 0.337 e. The van der Waals surface area contributed by atoms with Crippen LogP contribution >= 0.6 is 12.6 Å². The van der Waals surface area contributed by atoms with Crippen LogP contribution in [-0.4, -0.2) is 22.0 Å². The van der Waals surface area contributed by atoms with Crippen molar-refractivity contribution in [3.8, 4) is 5.75 Å². The van der Waals surface area contributed by atoms with Gasteiger partial charge in [0.15, 0.2) is 0 Å². The Morgan fingerprint density at radius 1 is 0.964 bits per heavy atom. The van der Waals surface area contributed by atoms with Gasteiger partial charge in [-0.05, 0) is 30.3 Å². The molecule has 8 heteroatoms. The second-order valence-corrected chi connectivity index (χ2v) is 6.15. The monoisotopic (exact) mass is 392 g/mol. The second kappa shape index (κ2) is 8.83. The van der Waals surface area contributed by atoms with Crippen LogP contribution in [0.3, 0.4) is 0 Å². The average molecular weight is 392 g/mol. The lowest BCUT2D eigenvalue weighted by molar-refractivity contribution is 0.0697. The summed E-state index contributed by atoms with van der Waals surface area (Å²) in [5.41, 5.74) is 4.00. The number of thiol groups is 1. The normalized spacial score (nSPS) is 11.5. The minimum atomic E-state index is -1.10. The first-order valence-corrected chi connectivity index (χ1v) is 8.64. The Bertz CT molecular complexity index is 1050. The van der Waals surface area contributed by atoms with E-state index in [9.17, 15) is 15.0 Å². The molecule has 0 spiro atoms. The van der Waals surface area contributed by atoms with Crippen molar-refractivity contribution in [2.45, 2.75) is 4.90 Å². The summed E-state index contributed by atoms with van der Waals surface area (Å²) in [6.45, 7) is 0. The summed E-state index contributed by atoms with van der Waals surface area (Å²) in [6, 6.07) is 20.1. The number of hydrogen-bond donors (Lipinski definition) is 4. The predicted molar refractivity (Wildman–Crippen MR) is 110 cm³/mol. The molecule has 3 aromatic rings. The lowest BCUT2D eigenvalue weighted by atomic mass is 10.2. The molecule has 140 valence electrons. The number of aromatic hydroxyl groups is 1. The second-order valence-electron chi connectivity index (χ2n) is 5.64. The van der Waals surface area contributed by atoms with Crippen molar-refractivity contribution in [1.29, 1.82) is 0 Å². The summed E-state index contributed by atoms with van der Waals surface area (Å²) >= 11 is 4.24. The van der Waals surface area contributed by atoms with Gasteiger partial charge in [0, 0.05) is 10.5 Å². The lowest BCUT2D eigenvalue weighted by Gasteiger charge is -2.06. The molecular weight excluding hydrogens is 376 g/mol. The number of anilines is 1. The van der Waals surface area contributed by atoms with E-state index in [-0.39, 0.29) is 22.8 Å². The Labute approximate surface area is 166 Å². The molecule has 0 aliphatic carbocycles. The number of amidine groups is 1. The number of aromatic carboxylic acids is 1. The molecule has 3 rings (SSSR count). The van der Waals surface area contributed by atoms with Crippen molar-refractivity contribution in [1.82, 2.24) is 0 Å². The molecule has 0 radical (unpaired) electrons. The van der Waals surface area contributed by atoms with Crippen LogP contribution in [-0.2, 0) is 0 Å². The van der Waals surface area contributed by atoms with E-state index in [2.05, 4.69) is 33.4 Å². The summed E-state index contributed by atoms with van der Waals surface area (Å²) in [6.07, 6.45) is 0. The number of nitrogens with one attached hydrogen (secondary N) is 1. The Morgan fingerprint density at radius 3 is 2.43 bits per heavy atom. The van der Waals surface area contributed by atoms with Gasteiger partial charge in [-0.15, -0.1) is 22.9 Å². The zero-order valence-corrected chi connectivity index (χ0v) is 15.4. The molecule has 0 aromatic heterocycles. The standard InChI is InChI=1S/C20H16N4O3S/c25-18-11-10-14(28)12-17(18)22-24-19(13-6-2-1-3-7-13)23-21-16-9-5-4-8-15(16)20(26)27/h1-12,22,25,28H,(H,26,27)/b23-21?,24-19-. The molecule has 0 saturated carbocycles. The van der Waals surface area contributed by atoms with E-state index in [1.165, 1.54) is 12.1 Å². The van der Waals surface area contributed by atoms with Crippen LogP contribution in [0.25, 0.3) is 0 Å². The highest BCUT2D eigenvalue weighted by Crippen LogP contribution is 2.26. The number of hydrazone groups is 1. The highest BCUT2D eigenvalue weighted by molar-refractivity contribution is 7.80. The number of carbonyl (C=O) groups is 1. The van der Waals surface area contributed by atoms with E-state index in [1.54, 1.807) is 42.5 Å². The first-order chi connectivity index (χ1) is 13.5. The summed E-state index contributed by atoms with van der Waals surface area (Å²) in [4.78, 5) is 12.0. The fourth-order valence-electron chi connectivity index (χ4n) is 2.30. The van der Waals surface area contributed by atoms with Crippen LogP contribution in [0.1, 0.15) is 15.9 Å². The van der Waals surface area contributed by atoms with Crippen LogP contribution in [0.15, 0.2) is 93.0 Å². The minimum absolute atomic E-state index is 0.00197. The molecule has 0 heterocycles. The van der Waals surface area contributed by atoms with Crippen molar-refractivity contribution in [2.24, 2.45) is 15.3 Å². The van der Waals surface area contributed by atoms with Gasteiger partial charge in [0.2, 0.25) is 5.84 Å². The van der Waals surface area contributed by atoms with Crippen molar-refractivity contribution in [3.63, 3.8) is 0 Å². The molecule has 0 unspecified atom stereocenters. The molecule has 0 saturated heterocycles. The quantitative estimate of drug-likeness (QED) is 0.123.